The van der Waals surface area contributed by atoms with E-state index in [9.17, 15) is 9.00 Å². The summed E-state index contributed by atoms with van der Waals surface area (Å²) in [4.78, 5) is 15.8. The van der Waals surface area contributed by atoms with Crippen molar-refractivity contribution in [3.8, 4) is 0 Å². The molecule has 132 valence electrons. The summed E-state index contributed by atoms with van der Waals surface area (Å²) in [7, 11) is 0.450. The van der Waals surface area contributed by atoms with Crippen LogP contribution in [0.3, 0.4) is 0 Å². The van der Waals surface area contributed by atoms with E-state index in [1.807, 2.05) is 85.8 Å². The standard InChI is InChI=1S/C22H21NO2S/c1-17-12-14-20(15-13-17)26(25)21-11-7-6-8-18(21)16-22(24)23(2)19-9-4-3-5-10-19/h3-15H,16H2,1-2H3. The van der Waals surface area contributed by atoms with Gasteiger partial charge in [-0.2, -0.15) is 0 Å². The first-order valence-corrected chi connectivity index (χ1v) is 9.59. The molecule has 0 radical (unpaired) electrons. The molecule has 0 aromatic heterocycles. The molecule has 3 aromatic carbocycles. The van der Waals surface area contributed by atoms with Gasteiger partial charge in [0.15, 0.2) is 0 Å². The highest BCUT2D eigenvalue weighted by Crippen LogP contribution is 2.22. The Bertz CT molecular complexity index is 920. The van der Waals surface area contributed by atoms with E-state index < -0.39 is 10.8 Å². The molecule has 1 amide bonds. The minimum absolute atomic E-state index is 0.0374. The number of benzene rings is 3. The number of amides is 1. The predicted octanol–water partition coefficient (Wildman–Crippen LogP) is 4.37. The molecule has 3 rings (SSSR count). The van der Waals surface area contributed by atoms with E-state index in [1.165, 1.54) is 0 Å². The fourth-order valence-corrected chi connectivity index (χ4v) is 3.91. The lowest BCUT2D eigenvalue weighted by Gasteiger charge is -2.18. The normalized spacial score (nSPS) is 11.8. The summed E-state index contributed by atoms with van der Waals surface area (Å²) >= 11 is 0. The van der Waals surface area contributed by atoms with Crippen molar-refractivity contribution in [2.75, 3.05) is 11.9 Å². The summed E-state index contributed by atoms with van der Waals surface area (Å²) in [6.45, 7) is 2.00. The van der Waals surface area contributed by atoms with Crippen molar-refractivity contribution < 1.29 is 9.00 Å². The first-order valence-electron chi connectivity index (χ1n) is 8.44. The Morgan fingerprint density at radius 1 is 0.885 bits per heavy atom. The molecule has 0 aliphatic heterocycles. The van der Waals surface area contributed by atoms with Crippen LogP contribution in [0.5, 0.6) is 0 Å². The van der Waals surface area contributed by atoms with E-state index in [4.69, 9.17) is 0 Å². The monoisotopic (exact) mass is 363 g/mol. The Morgan fingerprint density at radius 2 is 1.50 bits per heavy atom. The van der Waals surface area contributed by atoms with E-state index in [0.717, 1.165) is 21.7 Å². The van der Waals surface area contributed by atoms with Crippen molar-refractivity contribution in [1.29, 1.82) is 0 Å². The molecule has 0 heterocycles. The molecule has 0 spiro atoms. The summed E-state index contributed by atoms with van der Waals surface area (Å²) in [6, 6.07) is 24.6. The summed E-state index contributed by atoms with van der Waals surface area (Å²) < 4.78 is 13.0. The van der Waals surface area contributed by atoms with E-state index in [0.29, 0.717) is 4.90 Å². The van der Waals surface area contributed by atoms with Crippen molar-refractivity contribution in [1.82, 2.24) is 0 Å². The highest BCUT2D eigenvalue weighted by atomic mass is 32.2. The second-order valence-electron chi connectivity index (χ2n) is 6.15. The maximum Gasteiger partial charge on any atom is 0.231 e. The number of likely N-dealkylation sites (N-methyl/N-ethyl adjacent to an activating group) is 1. The van der Waals surface area contributed by atoms with Gasteiger partial charge < -0.3 is 4.90 Å². The maximum absolute atomic E-state index is 13.0. The minimum atomic E-state index is -1.31. The number of rotatable bonds is 5. The Balaban J connectivity index is 1.84. The maximum atomic E-state index is 13.0. The van der Waals surface area contributed by atoms with Gasteiger partial charge in [0, 0.05) is 22.5 Å². The summed E-state index contributed by atoms with van der Waals surface area (Å²) in [6.07, 6.45) is 0.208. The quantitative estimate of drug-likeness (QED) is 0.675. The third-order valence-corrected chi connectivity index (χ3v) is 5.76. The molecular formula is C22H21NO2S. The average Bonchev–Trinajstić information content (AvgIpc) is 2.68. The molecular weight excluding hydrogens is 342 g/mol. The molecule has 3 aromatic rings. The van der Waals surface area contributed by atoms with Crippen molar-refractivity contribution in [3.63, 3.8) is 0 Å². The van der Waals surface area contributed by atoms with E-state index in [2.05, 4.69) is 0 Å². The van der Waals surface area contributed by atoms with Crippen molar-refractivity contribution >= 4 is 22.4 Å². The lowest BCUT2D eigenvalue weighted by Crippen LogP contribution is -2.28. The van der Waals surface area contributed by atoms with Gasteiger partial charge in [-0.3, -0.25) is 4.79 Å². The van der Waals surface area contributed by atoms with Crippen LogP contribution >= 0.6 is 0 Å². The van der Waals surface area contributed by atoms with Gasteiger partial charge in [-0.15, -0.1) is 0 Å². The Hall–Kier alpha value is -2.72. The van der Waals surface area contributed by atoms with Crippen LogP contribution in [0.2, 0.25) is 0 Å². The molecule has 0 bridgehead atoms. The van der Waals surface area contributed by atoms with Crippen LogP contribution in [-0.4, -0.2) is 17.2 Å². The van der Waals surface area contributed by atoms with Crippen LogP contribution in [0.4, 0.5) is 5.69 Å². The van der Waals surface area contributed by atoms with Crippen LogP contribution in [0.25, 0.3) is 0 Å². The van der Waals surface area contributed by atoms with Gasteiger partial charge in [0.25, 0.3) is 0 Å². The number of hydrogen-bond donors (Lipinski definition) is 0. The van der Waals surface area contributed by atoms with Gasteiger partial charge in [-0.25, -0.2) is 4.21 Å². The van der Waals surface area contributed by atoms with Crippen LogP contribution in [0.1, 0.15) is 11.1 Å². The number of hydrogen-bond acceptors (Lipinski definition) is 2. The van der Waals surface area contributed by atoms with Gasteiger partial charge in [0.1, 0.15) is 0 Å². The molecule has 0 saturated heterocycles. The molecule has 0 N–H and O–H groups in total. The lowest BCUT2D eigenvalue weighted by atomic mass is 10.1. The summed E-state index contributed by atoms with van der Waals surface area (Å²) in [5, 5.41) is 0. The average molecular weight is 363 g/mol. The van der Waals surface area contributed by atoms with Gasteiger partial charge in [-0.05, 0) is 42.8 Å². The fraction of sp³-hybridized carbons (Fsp3) is 0.136. The number of nitrogens with zero attached hydrogens (tertiary/aromatic N) is 1. The molecule has 26 heavy (non-hydrogen) atoms. The molecule has 0 aliphatic carbocycles. The van der Waals surface area contributed by atoms with Gasteiger partial charge in [0.05, 0.1) is 17.2 Å². The van der Waals surface area contributed by atoms with Crippen LogP contribution in [0.15, 0.2) is 88.7 Å². The van der Waals surface area contributed by atoms with Crippen molar-refractivity contribution in [3.05, 3.63) is 90.0 Å². The predicted molar refractivity (Wildman–Crippen MR) is 106 cm³/mol. The zero-order chi connectivity index (χ0) is 18.5. The second-order valence-corrected chi connectivity index (χ2v) is 7.60. The van der Waals surface area contributed by atoms with Crippen LogP contribution < -0.4 is 4.90 Å². The number of carbonyl (C=O) groups is 1. The highest BCUT2D eigenvalue weighted by molar-refractivity contribution is 7.85. The molecule has 1 unspecified atom stereocenters. The Labute approximate surface area is 156 Å². The van der Waals surface area contributed by atoms with Gasteiger partial charge in [0.2, 0.25) is 5.91 Å². The van der Waals surface area contributed by atoms with Crippen molar-refractivity contribution in [2.45, 2.75) is 23.1 Å². The number of carbonyl (C=O) groups excluding carboxylic acids is 1. The zero-order valence-corrected chi connectivity index (χ0v) is 15.7. The number of anilines is 1. The van der Waals surface area contributed by atoms with Gasteiger partial charge >= 0.3 is 0 Å². The Morgan fingerprint density at radius 3 is 2.19 bits per heavy atom. The van der Waals surface area contributed by atoms with E-state index in [-0.39, 0.29) is 12.3 Å². The molecule has 0 fully saturated rings. The van der Waals surface area contributed by atoms with Crippen LogP contribution in [-0.2, 0) is 22.0 Å². The Kier molecular flexibility index (Phi) is 5.64. The van der Waals surface area contributed by atoms with Gasteiger partial charge in [-0.1, -0.05) is 54.1 Å². The lowest BCUT2D eigenvalue weighted by molar-refractivity contribution is -0.117. The largest absolute Gasteiger partial charge is 0.315 e. The molecule has 0 aliphatic rings. The third kappa shape index (κ3) is 4.09. The van der Waals surface area contributed by atoms with Crippen molar-refractivity contribution in [2.24, 2.45) is 0 Å². The molecule has 4 heteroatoms. The topological polar surface area (TPSA) is 37.4 Å². The second kappa shape index (κ2) is 8.11. The van der Waals surface area contributed by atoms with E-state index >= 15 is 0 Å². The summed E-state index contributed by atoms with van der Waals surface area (Å²) in [5.74, 6) is -0.0374. The summed E-state index contributed by atoms with van der Waals surface area (Å²) in [5.41, 5.74) is 2.76. The third-order valence-electron chi connectivity index (χ3n) is 4.27. The first-order chi connectivity index (χ1) is 12.6. The number of para-hydroxylation sites is 1. The van der Waals surface area contributed by atoms with Crippen LogP contribution in [0, 0.1) is 6.92 Å². The fourth-order valence-electron chi connectivity index (χ4n) is 2.70. The highest BCUT2D eigenvalue weighted by Gasteiger charge is 2.17. The zero-order valence-electron chi connectivity index (χ0n) is 14.9. The molecule has 1 atom stereocenters. The minimum Gasteiger partial charge on any atom is -0.315 e. The van der Waals surface area contributed by atoms with E-state index in [1.54, 1.807) is 11.9 Å². The SMILES string of the molecule is Cc1ccc(S(=O)c2ccccc2CC(=O)N(C)c2ccccc2)cc1. The molecule has 0 saturated carbocycles. The first kappa shape index (κ1) is 18.1. The number of aryl methyl sites for hydroxylation is 1. The smallest absolute Gasteiger partial charge is 0.231 e. The molecule has 3 nitrogen and oxygen atoms in total.